The lowest BCUT2D eigenvalue weighted by molar-refractivity contribution is 0.116. The average molecular weight is 143 g/mol. The number of hydrogen-bond acceptors (Lipinski definition) is 2. The van der Waals surface area contributed by atoms with Gasteiger partial charge in [0.1, 0.15) is 0 Å². The molecule has 2 nitrogen and oxygen atoms in total. The van der Waals surface area contributed by atoms with Crippen molar-refractivity contribution in [3.8, 4) is 0 Å². The van der Waals surface area contributed by atoms with Crippen molar-refractivity contribution in [1.82, 2.24) is 5.32 Å². The summed E-state index contributed by atoms with van der Waals surface area (Å²) in [6, 6.07) is 0.337. The maximum absolute atomic E-state index is 9.23. The Bertz CT molecular complexity index is 103. The van der Waals surface area contributed by atoms with E-state index in [4.69, 9.17) is 0 Å². The van der Waals surface area contributed by atoms with Gasteiger partial charge in [0.05, 0.1) is 6.10 Å². The van der Waals surface area contributed by atoms with Crippen molar-refractivity contribution >= 4 is 0 Å². The number of hydrogen-bond donors (Lipinski definition) is 2. The minimum atomic E-state index is -0.192. The normalized spacial score (nSPS) is 37.5. The molecule has 0 saturated carbocycles. The smallest absolute Gasteiger partial charge is 0.0665 e. The number of nitrogens with one attached hydrogen (secondary N) is 1. The molecule has 1 heterocycles. The molecule has 0 aliphatic carbocycles. The summed E-state index contributed by atoms with van der Waals surface area (Å²) in [5, 5.41) is 12.5. The van der Waals surface area contributed by atoms with Crippen molar-refractivity contribution < 1.29 is 5.11 Å². The maximum atomic E-state index is 9.23. The molecule has 2 heteroatoms. The van der Waals surface area contributed by atoms with Crippen LogP contribution in [0.25, 0.3) is 0 Å². The zero-order chi connectivity index (χ0) is 7.56. The number of aliphatic hydroxyl groups excluding tert-OH is 1. The van der Waals surface area contributed by atoms with Gasteiger partial charge in [-0.2, -0.15) is 0 Å². The molecule has 60 valence electrons. The first kappa shape index (κ1) is 8.02. The fraction of sp³-hybridized carbons (Fsp3) is 1.00. The Labute approximate surface area is 62.6 Å². The first-order chi connectivity index (χ1) is 4.70. The molecule has 1 rings (SSSR count). The summed E-state index contributed by atoms with van der Waals surface area (Å²) in [5.41, 5.74) is 0. The van der Waals surface area contributed by atoms with Crippen LogP contribution in [0.3, 0.4) is 0 Å². The standard InChI is InChI=1S/C8H17NO/c1-6-3-4-9-8(5-6)7(2)10/h6-10H,3-5H2,1-2H3/t6-,7+,8-/m1/s1. The van der Waals surface area contributed by atoms with Crippen molar-refractivity contribution in [2.75, 3.05) is 6.54 Å². The van der Waals surface area contributed by atoms with Gasteiger partial charge in [0, 0.05) is 6.04 Å². The third kappa shape index (κ3) is 1.96. The lowest BCUT2D eigenvalue weighted by atomic mass is 9.92. The highest BCUT2D eigenvalue weighted by atomic mass is 16.3. The van der Waals surface area contributed by atoms with Gasteiger partial charge < -0.3 is 10.4 Å². The van der Waals surface area contributed by atoms with E-state index in [2.05, 4.69) is 12.2 Å². The number of rotatable bonds is 1. The molecule has 0 bridgehead atoms. The highest BCUT2D eigenvalue weighted by Crippen LogP contribution is 2.16. The highest BCUT2D eigenvalue weighted by molar-refractivity contribution is 4.79. The third-order valence-electron chi connectivity index (χ3n) is 2.28. The Balaban J connectivity index is 2.32. The minimum Gasteiger partial charge on any atom is -0.392 e. The Morgan fingerprint density at radius 1 is 1.60 bits per heavy atom. The second-order valence-corrected chi connectivity index (χ2v) is 3.43. The summed E-state index contributed by atoms with van der Waals surface area (Å²) < 4.78 is 0. The molecule has 0 unspecified atom stereocenters. The molecule has 1 saturated heterocycles. The first-order valence-electron chi connectivity index (χ1n) is 4.11. The minimum absolute atomic E-state index is 0.192. The van der Waals surface area contributed by atoms with Crippen LogP contribution in [0, 0.1) is 5.92 Å². The van der Waals surface area contributed by atoms with E-state index in [-0.39, 0.29) is 6.10 Å². The zero-order valence-corrected chi connectivity index (χ0v) is 6.80. The summed E-state index contributed by atoms with van der Waals surface area (Å²) in [6.07, 6.45) is 2.18. The second-order valence-electron chi connectivity index (χ2n) is 3.43. The monoisotopic (exact) mass is 143 g/mol. The van der Waals surface area contributed by atoms with Crippen LogP contribution in [0.4, 0.5) is 0 Å². The molecule has 0 radical (unpaired) electrons. The Morgan fingerprint density at radius 2 is 2.30 bits per heavy atom. The van der Waals surface area contributed by atoms with Crippen LogP contribution in [-0.4, -0.2) is 23.8 Å². The van der Waals surface area contributed by atoms with Gasteiger partial charge in [0.25, 0.3) is 0 Å². The lowest BCUT2D eigenvalue weighted by Gasteiger charge is -2.29. The Hall–Kier alpha value is -0.0800. The van der Waals surface area contributed by atoms with E-state index < -0.39 is 0 Å². The predicted octanol–water partition coefficient (Wildman–Crippen LogP) is 0.755. The fourth-order valence-corrected chi connectivity index (χ4v) is 1.52. The molecule has 0 spiro atoms. The molecule has 2 N–H and O–H groups in total. The van der Waals surface area contributed by atoms with E-state index in [1.807, 2.05) is 6.92 Å². The molecular weight excluding hydrogens is 126 g/mol. The molecule has 0 amide bonds. The quantitative estimate of drug-likeness (QED) is 0.568. The van der Waals surface area contributed by atoms with Crippen molar-refractivity contribution in [2.45, 2.75) is 38.8 Å². The molecular formula is C8H17NO. The summed E-state index contributed by atoms with van der Waals surface area (Å²) in [6.45, 7) is 5.17. The molecule has 0 aromatic carbocycles. The van der Waals surface area contributed by atoms with Gasteiger partial charge in [-0.05, 0) is 32.2 Å². The fourth-order valence-electron chi connectivity index (χ4n) is 1.52. The maximum Gasteiger partial charge on any atom is 0.0665 e. The second kappa shape index (κ2) is 3.35. The van der Waals surface area contributed by atoms with Gasteiger partial charge in [-0.15, -0.1) is 0 Å². The van der Waals surface area contributed by atoms with Gasteiger partial charge in [-0.25, -0.2) is 0 Å². The van der Waals surface area contributed by atoms with Crippen LogP contribution in [0.5, 0.6) is 0 Å². The van der Waals surface area contributed by atoms with E-state index in [0.717, 1.165) is 18.9 Å². The van der Waals surface area contributed by atoms with E-state index in [1.54, 1.807) is 0 Å². The summed E-state index contributed by atoms with van der Waals surface area (Å²) >= 11 is 0. The van der Waals surface area contributed by atoms with Crippen LogP contribution in [0.2, 0.25) is 0 Å². The first-order valence-corrected chi connectivity index (χ1v) is 4.11. The summed E-state index contributed by atoms with van der Waals surface area (Å²) in [5.74, 6) is 0.779. The molecule has 3 atom stereocenters. The summed E-state index contributed by atoms with van der Waals surface area (Å²) in [7, 11) is 0. The van der Waals surface area contributed by atoms with Crippen LogP contribution in [0.1, 0.15) is 26.7 Å². The van der Waals surface area contributed by atoms with Crippen molar-refractivity contribution in [3.63, 3.8) is 0 Å². The highest BCUT2D eigenvalue weighted by Gasteiger charge is 2.21. The van der Waals surface area contributed by atoms with Gasteiger partial charge in [-0.3, -0.25) is 0 Å². The number of piperidine rings is 1. The molecule has 0 aromatic rings. The van der Waals surface area contributed by atoms with Crippen LogP contribution in [0.15, 0.2) is 0 Å². The largest absolute Gasteiger partial charge is 0.392 e. The van der Waals surface area contributed by atoms with E-state index in [0.29, 0.717) is 6.04 Å². The van der Waals surface area contributed by atoms with E-state index in [1.165, 1.54) is 6.42 Å². The molecule has 1 aliphatic rings. The number of aliphatic hydroxyl groups is 1. The predicted molar refractivity (Wildman–Crippen MR) is 41.9 cm³/mol. The van der Waals surface area contributed by atoms with E-state index >= 15 is 0 Å². The molecule has 0 aromatic heterocycles. The molecule has 1 aliphatic heterocycles. The van der Waals surface area contributed by atoms with Crippen molar-refractivity contribution in [3.05, 3.63) is 0 Å². The zero-order valence-electron chi connectivity index (χ0n) is 6.80. The Morgan fingerprint density at radius 3 is 2.70 bits per heavy atom. The summed E-state index contributed by atoms with van der Waals surface area (Å²) in [4.78, 5) is 0. The van der Waals surface area contributed by atoms with Gasteiger partial charge in [-0.1, -0.05) is 6.92 Å². The van der Waals surface area contributed by atoms with Crippen LogP contribution >= 0.6 is 0 Å². The topological polar surface area (TPSA) is 32.3 Å². The van der Waals surface area contributed by atoms with Gasteiger partial charge >= 0.3 is 0 Å². The van der Waals surface area contributed by atoms with Crippen LogP contribution in [-0.2, 0) is 0 Å². The van der Waals surface area contributed by atoms with Crippen molar-refractivity contribution in [2.24, 2.45) is 5.92 Å². The third-order valence-corrected chi connectivity index (χ3v) is 2.28. The SMILES string of the molecule is C[C@@H]1CCN[C@@H]([C@H](C)O)C1. The average Bonchev–Trinajstić information content (AvgIpc) is 1.88. The Kier molecular flexibility index (Phi) is 2.69. The van der Waals surface area contributed by atoms with Crippen molar-refractivity contribution in [1.29, 1.82) is 0 Å². The van der Waals surface area contributed by atoms with Gasteiger partial charge in [0.2, 0.25) is 0 Å². The van der Waals surface area contributed by atoms with Gasteiger partial charge in [0.15, 0.2) is 0 Å². The van der Waals surface area contributed by atoms with Crippen LogP contribution < -0.4 is 5.32 Å². The van der Waals surface area contributed by atoms with E-state index in [9.17, 15) is 5.11 Å². The molecule has 10 heavy (non-hydrogen) atoms. The lowest BCUT2D eigenvalue weighted by Crippen LogP contribution is -2.44. The molecule has 1 fully saturated rings.